The van der Waals surface area contributed by atoms with E-state index in [1.54, 1.807) is 18.4 Å². The molecule has 0 fully saturated rings. The molecule has 0 saturated carbocycles. The molecule has 62 valence electrons. The van der Waals surface area contributed by atoms with Crippen LogP contribution in [0.3, 0.4) is 0 Å². The van der Waals surface area contributed by atoms with E-state index >= 15 is 0 Å². The van der Waals surface area contributed by atoms with Crippen molar-refractivity contribution in [2.24, 2.45) is 0 Å². The number of thiazole rings is 1. The fraction of sp³-hybridized carbons (Fsp3) is 0.125. The summed E-state index contributed by atoms with van der Waals surface area (Å²) >= 11 is 5.06. The fourth-order valence-electron chi connectivity index (χ4n) is 1.06. The zero-order chi connectivity index (χ0) is 8.55. The maximum atomic E-state index is 5.16. The average molecular weight is 244 g/mol. The summed E-state index contributed by atoms with van der Waals surface area (Å²) in [5, 5.41) is 0. The number of rotatable bonds is 1. The average Bonchev–Trinajstić information content (AvgIpc) is 2.54. The largest absolute Gasteiger partial charge is 0.494 e. The molecular formula is C8H6BrNOS. The summed E-state index contributed by atoms with van der Waals surface area (Å²) in [5.74, 6) is 0.828. The van der Waals surface area contributed by atoms with Crippen molar-refractivity contribution in [2.45, 2.75) is 0 Å². The highest BCUT2D eigenvalue weighted by Crippen LogP contribution is 2.33. The van der Waals surface area contributed by atoms with Crippen molar-refractivity contribution in [1.29, 1.82) is 0 Å². The highest BCUT2D eigenvalue weighted by Gasteiger charge is 2.06. The van der Waals surface area contributed by atoms with Crippen molar-refractivity contribution in [3.05, 3.63) is 22.1 Å². The predicted octanol–water partition coefficient (Wildman–Crippen LogP) is 3.07. The van der Waals surface area contributed by atoms with Gasteiger partial charge in [0.15, 0.2) is 0 Å². The Labute approximate surface area is 82.3 Å². The van der Waals surface area contributed by atoms with Crippen LogP contribution in [0.1, 0.15) is 0 Å². The third-order valence-electron chi connectivity index (χ3n) is 1.62. The molecule has 12 heavy (non-hydrogen) atoms. The van der Waals surface area contributed by atoms with Crippen LogP contribution < -0.4 is 4.74 Å². The van der Waals surface area contributed by atoms with Crippen molar-refractivity contribution < 1.29 is 4.74 Å². The van der Waals surface area contributed by atoms with Crippen LogP contribution in [-0.2, 0) is 0 Å². The molecule has 0 saturated heterocycles. The maximum Gasteiger partial charge on any atom is 0.146 e. The predicted molar refractivity (Wildman–Crippen MR) is 53.9 cm³/mol. The quantitative estimate of drug-likeness (QED) is 0.769. The molecule has 0 spiro atoms. The number of nitrogens with zero attached hydrogens (tertiary/aromatic N) is 1. The van der Waals surface area contributed by atoms with Crippen LogP contribution >= 0.6 is 27.3 Å². The molecule has 2 aromatic rings. The van der Waals surface area contributed by atoms with E-state index in [1.165, 1.54) is 0 Å². The lowest BCUT2D eigenvalue weighted by Crippen LogP contribution is -1.83. The normalized spacial score (nSPS) is 10.5. The Morgan fingerprint density at radius 2 is 2.33 bits per heavy atom. The van der Waals surface area contributed by atoms with Crippen molar-refractivity contribution in [3.8, 4) is 5.75 Å². The van der Waals surface area contributed by atoms with E-state index in [1.807, 2.05) is 17.6 Å². The molecule has 0 N–H and O–H groups in total. The van der Waals surface area contributed by atoms with Crippen LogP contribution in [0.25, 0.3) is 10.2 Å². The molecule has 0 aliphatic heterocycles. The Balaban J connectivity index is 2.82. The Kier molecular flexibility index (Phi) is 2.02. The fourth-order valence-corrected chi connectivity index (χ4v) is 2.37. The summed E-state index contributed by atoms with van der Waals surface area (Å²) in [4.78, 5) is 4.21. The summed E-state index contributed by atoms with van der Waals surface area (Å²) in [6, 6.07) is 3.88. The van der Waals surface area contributed by atoms with Crippen LogP contribution in [-0.4, -0.2) is 12.1 Å². The highest BCUT2D eigenvalue weighted by molar-refractivity contribution is 9.10. The number of hydrogen-bond donors (Lipinski definition) is 0. The minimum atomic E-state index is 0.828. The molecular weight excluding hydrogens is 238 g/mol. The summed E-state index contributed by atoms with van der Waals surface area (Å²) in [6.07, 6.45) is 0. The molecule has 0 aliphatic carbocycles. The molecule has 1 aromatic carbocycles. The lowest BCUT2D eigenvalue weighted by Gasteiger charge is -2.00. The monoisotopic (exact) mass is 243 g/mol. The van der Waals surface area contributed by atoms with E-state index in [9.17, 15) is 0 Å². The number of benzene rings is 1. The zero-order valence-corrected chi connectivity index (χ0v) is 8.78. The molecule has 1 heterocycles. The minimum absolute atomic E-state index is 0.828. The molecule has 2 rings (SSSR count). The van der Waals surface area contributed by atoms with Crippen molar-refractivity contribution in [1.82, 2.24) is 4.98 Å². The van der Waals surface area contributed by atoms with Gasteiger partial charge in [-0.15, -0.1) is 11.3 Å². The van der Waals surface area contributed by atoms with E-state index in [-0.39, 0.29) is 0 Å². The van der Waals surface area contributed by atoms with Crippen LogP contribution in [0.4, 0.5) is 0 Å². The first kappa shape index (κ1) is 8.01. The molecule has 0 bridgehead atoms. The van der Waals surface area contributed by atoms with E-state index in [0.717, 1.165) is 20.4 Å². The number of hydrogen-bond acceptors (Lipinski definition) is 3. The van der Waals surface area contributed by atoms with Crippen LogP contribution in [0.5, 0.6) is 5.75 Å². The summed E-state index contributed by atoms with van der Waals surface area (Å²) < 4.78 is 7.37. The van der Waals surface area contributed by atoms with Gasteiger partial charge in [0.1, 0.15) is 11.3 Å². The SMILES string of the molecule is COc1ccc(Br)c2scnc12. The van der Waals surface area contributed by atoms with Gasteiger partial charge in [-0.1, -0.05) is 0 Å². The van der Waals surface area contributed by atoms with Gasteiger partial charge in [0.25, 0.3) is 0 Å². The zero-order valence-electron chi connectivity index (χ0n) is 6.37. The first-order valence-corrected chi connectivity index (χ1v) is 5.06. The third-order valence-corrected chi connectivity index (χ3v) is 3.40. The van der Waals surface area contributed by atoms with Crippen molar-refractivity contribution in [3.63, 3.8) is 0 Å². The molecule has 0 amide bonds. The van der Waals surface area contributed by atoms with Crippen molar-refractivity contribution >= 4 is 37.5 Å². The van der Waals surface area contributed by atoms with Gasteiger partial charge in [-0.3, -0.25) is 0 Å². The number of aromatic nitrogens is 1. The Bertz CT molecular complexity index is 412. The molecule has 0 atom stereocenters. The Hall–Kier alpha value is -0.610. The Morgan fingerprint density at radius 1 is 1.50 bits per heavy atom. The second-order valence-corrected chi connectivity index (χ2v) is 3.99. The van der Waals surface area contributed by atoms with Crippen LogP contribution in [0.15, 0.2) is 22.1 Å². The van der Waals surface area contributed by atoms with Crippen LogP contribution in [0.2, 0.25) is 0 Å². The number of methoxy groups -OCH3 is 1. The third kappa shape index (κ3) is 1.11. The van der Waals surface area contributed by atoms with Gasteiger partial charge in [-0.25, -0.2) is 4.98 Å². The van der Waals surface area contributed by atoms with Gasteiger partial charge in [0, 0.05) is 4.47 Å². The van der Waals surface area contributed by atoms with Gasteiger partial charge in [0.05, 0.1) is 17.3 Å². The van der Waals surface area contributed by atoms with E-state index in [0.29, 0.717) is 0 Å². The maximum absolute atomic E-state index is 5.16. The smallest absolute Gasteiger partial charge is 0.146 e. The van der Waals surface area contributed by atoms with Gasteiger partial charge >= 0.3 is 0 Å². The summed E-state index contributed by atoms with van der Waals surface area (Å²) in [7, 11) is 1.65. The Morgan fingerprint density at radius 3 is 3.08 bits per heavy atom. The summed E-state index contributed by atoms with van der Waals surface area (Å²) in [6.45, 7) is 0. The molecule has 2 nitrogen and oxygen atoms in total. The molecule has 0 unspecified atom stereocenters. The van der Waals surface area contributed by atoms with Gasteiger partial charge in [0.2, 0.25) is 0 Å². The first-order chi connectivity index (χ1) is 5.83. The topological polar surface area (TPSA) is 22.1 Å². The second-order valence-electron chi connectivity index (χ2n) is 2.28. The van der Waals surface area contributed by atoms with Gasteiger partial charge in [-0.05, 0) is 28.1 Å². The molecule has 0 radical (unpaired) electrons. The standard InChI is InChI=1S/C8H6BrNOS/c1-11-6-3-2-5(9)8-7(6)10-4-12-8/h2-4H,1H3. The minimum Gasteiger partial charge on any atom is -0.494 e. The molecule has 0 aliphatic rings. The number of ether oxygens (including phenoxy) is 1. The van der Waals surface area contributed by atoms with E-state index in [2.05, 4.69) is 20.9 Å². The van der Waals surface area contributed by atoms with Crippen LogP contribution in [0, 0.1) is 0 Å². The van der Waals surface area contributed by atoms with E-state index in [4.69, 9.17) is 4.74 Å². The number of fused-ring (bicyclic) bond motifs is 1. The first-order valence-electron chi connectivity index (χ1n) is 3.38. The van der Waals surface area contributed by atoms with Crippen molar-refractivity contribution in [2.75, 3.05) is 7.11 Å². The lowest BCUT2D eigenvalue weighted by molar-refractivity contribution is 0.419. The van der Waals surface area contributed by atoms with Gasteiger partial charge < -0.3 is 4.74 Å². The molecule has 1 aromatic heterocycles. The molecule has 4 heteroatoms. The lowest BCUT2D eigenvalue weighted by atomic mass is 10.3. The van der Waals surface area contributed by atoms with Gasteiger partial charge in [-0.2, -0.15) is 0 Å². The number of halogens is 1. The van der Waals surface area contributed by atoms with E-state index < -0.39 is 0 Å². The second kappa shape index (κ2) is 3.03. The highest BCUT2D eigenvalue weighted by atomic mass is 79.9. The summed E-state index contributed by atoms with van der Waals surface area (Å²) in [5.41, 5.74) is 2.75.